The van der Waals surface area contributed by atoms with Crippen LogP contribution in [-0.4, -0.2) is 32.0 Å². The average molecular weight is 275 g/mol. The Kier molecular flexibility index (Phi) is 6.64. The maximum absolute atomic E-state index is 11.6. The maximum Gasteiger partial charge on any atom is 0.151 e. The highest BCUT2D eigenvalue weighted by Gasteiger charge is 2.24. The quantitative estimate of drug-likeness (QED) is 0.777. The lowest BCUT2D eigenvalue weighted by Gasteiger charge is -2.32. The van der Waals surface area contributed by atoms with Gasteiger partial charge in [-0.2, -0.15) is 0 Å². The summed E-state index contributed by atoms with van der Waals surface area (Å²) in [5.74, 6) is 1.27. The van der Waals surface area contributed by atoms with Crippen molar-refractivity contribution >= 4 is 9.84 Å². The van der Waals surface area contributed by atoms with Crippen LogP contribution in [0.3, 0.4) is 0 Å². The van der Waals surface area contributed by atoms with Crippen molar-refractivity contribution in [2.45, 2.75) is 71.4 Å². The molecule has 108 valence electrons. The summed E-state index contributed by atoms with van der Waals surface area (Å²) < 4.78 is 23.2. The van der Waals surface area contributed by atoms with Crippen LogP contribution < -0.4 is 5.32 Å². The molecule has 0 amide bonds. The maximum atomic E-state index is 11.6. The van der Waals surface area contributed by atoms with Gasteiger partial charge >= 0.3 is 0 Å². The normalized spacial score (nSPS) is 21.7. The summed E-state index contributed by atoms with van der Waals surface area (Å²) >= 11 is 0. The van der Waals surface area contributed by atoms with Crippen LogP contribution in [0.1, 0.15) is 59.3 Å². The molecule has 18 heavy (non-hydrogen) atoms. The lowest BCUT2D eigenvalue weighted by molar-refractivity contribution is 0.252. The Hall–Kier alpha value is -0.0900. The molecule has 0 bridgehead atoms. The molecule has 1 aliphatic carbocycles. The Morgan fingerprint density at radius 3 is 2.28 bits per heavy atom. The SMILES string of the molecule is CCC(NC(C)CS(=O)(=O)CC)C1CCCCC1. The van der Waals surface area contributed by atoms with E-state index in [2.05, 4.69) is 12.2 Å². The van der Waals surface area contributed by atoms with Gasteiger partial charge in [-0.3, -0.25) is 0 Å². The van der Waals surface area contributed by atoms with E-state index in [1.807, 2.05) is 6.92 Å². The van der Waals surface area contributed by atoms with E-state index < -0.39 is 9.84 Å². The van der Waals surface area contributed by atoms with Crippen molar-refractivity contribution in [3.63, 3.8) is 0 Å². The van der Waals surface area contributed by atoms with E-state index in [0.717, 1.165) is 12.3 Å². The highest BCUT2D eigenvalue weighted by atomic mass is 32.2. The fourth-order valence-electron chi connectivity index (χ4n) is 3.04. The molecule has 4 heteroatoms. The van der Waals surface area contributed by atoms with Crippen molar-refractivity contribution in [3.05, 3.63) is 0 Å². The fourth-order valence-corrected chi connectivity index (χ4v) is 4.13. The van der Waals surface area contributed by atoms with Crippen LogP contribution in [0.2, 0.25) is 0 Å². The summed E-state index contributed by atoms with van der Waals surface area (Å²) in [6, 6.07) is 0.564. The molecule has 0 aromatic rings. The third-order valence-electron chi connectivity index (χ3n) is 4.10. The van der Waals surface area contributed by atoms with Gasteiger partial charge in [-0.15, -0.1) is 0 Å². The van der Waals surface area contributed by atoms with E-state index in [-0.39, 0.29) is 17.5 Å². The molecule has 0 saturated heterocycles. The van der Waals surface area contributed by atoms with Crippen molar-refractivity contribution in [1.82, 2.24) is 5.32 Å². The lowest BCUT2D eigenvalue weighted by Crippen LogP contribution is -2.44. The summed E-state index contributed by atoms with van der Waals surface area (Å²) in [7, 11) is -2.87. The van der Waals surface area contributed by atoms with Crippen molar-refractivity contribution in [1.29, 1.82) is 0 Å². The minimum atomic E-state index is -2.87. The first kappa shape index (κ1) is 16.0. The Labute approximate surface area is 113 Å². The van der Waals surface area contributed by atoms with Crippen LogP contribution in [-0.2, 0) is 9.84 Å². The van der Waals surface area contributed by atoms with Crippen LogP contribution in [0.25, 0.3) is 0 Å². The van der Waals surface area contributed by atoms with Gasteiger partial charge in [0.2, 0.25) is 0 Å². The summed E-state index contributed by atoms with van der Waals surface area (Å²) in [5.41, 5.74) is 0. The van der Waals surface area contributed by atoms with Gasteiger partial charge in [-0.25, -0.2) is 8.42 Å². The molecule has 1 aliphatic rings. The molecule has 0 aromatic carbocycles. The second kappa shape index (κ2) is 7.49. The van der Waals surface area contributed by atoms with E-state index in [1.165, 1.54) is 32.1 Å². The van der Waals surface area contributed by atoms with Crippen LogP contribution in [0.15, 0.2) is 0 Å². The number of nitrogens with one attached hydrogen (secondary N) is 1. The van der Waals surface area contributed by atoms with Gasteiger partial charge < -0.3 is 5.32 Å². The fraction of sp³-hybridized carbons (Fsp3) is 1.00. The summed E-state index contributed by atoms with van der Waals surface area (Å²) in [5, 5.41) is 3.55. The van der Waals surface area contributed by atoms with Crippen molar-refractivity contribution < 1.29 is 8.42 Å². The van der Waals surface area contributed by atoms with Gasteiger partial charge in [0.1, 0.15) is 0 Å². The molecule has 2 atom stereocenters. The molecule has 1 saturated carbocycles. The first-order valence-electron chi connectivity index (χ1n) is 7.45. The molecule has 0 aromatic heterocycles. The number of hydrogen-bond acceptors (Lipinski definition) is 3. The first-order chi connectivity index (χ1) is 8.48. The largest absolute Gasteiger partial charge is 0.310 e. The van der Waals surface area contributed by atoms with Crippen LogP contribution in [0.4, 0.5) is 0 Å². The lowest BCUT2D eigenvalue weighted by atomic mass is 9.82. The van der Waals surface area contributed by atoms with Crippen molar-refractivity contribution in [3.8, 4) is 0 Å². The predicted octanol–water partition coefficient (Wildman–Crippen LogP) is 2.76. The number of hydrogen-bond donors (Lipinski definition) is 1. The van der Waals surface area contributed by atoms with Crippen molar-refractivity contribution in [2.24, 2.45) is 5.92 Å². The topological polar surface area (TPSA) is 46.2 Å². The molecule has 0 radical (unpaired) electrons. The third-order valence-corrected chi connectivity index (χ3v) is 5.99. The molecular formula is C14H29NO2S. The molecule has 0 spiro atoms. The minimum absolute atomic E-state index is 0.0711. The monoisotopic (exact) mass is 275 g/mol. The molecule has 0 heterocycles. The Bertz CT molecular complexity index is 321. The van der Waals surface area contributed by atoms with Gasteiger partial charge in [-0.05, 0) is 32.1 Å². The minimum Gasteiger partial charge on any atom is -0.310 e. The highest BCUT2D eigenvalue weighted by Crippen LogP contribution is 2.27. The summed E-state index contributed by atoms with van der Waals surface area (Å²) in [4.78, 5) is 0. The molecular weight excluding hydrogens is 246 g/mol. The second-order valence-electron chi connectivity index (χ2n) is 5.68. The van der Waals surface area contributed by atoms with Gasteiger partial charge in [0, 0.05) is 17.8 Å². The van der Waals surface area contributed by atoms with Crippen LogP contribution in [0.5, 0.6) is 0 Å². The zero-order valence-electron chi connectivity index (χ0n) is 12.1. The Balaban J connectivity index is 2.46. The molecule has 1 N–H and O–H groups in total. The standard InChI is InChI=1S/C14H29NO2S/c1-4-14(13-9-7-6-8-10-13)15-12(3)11-18(16,17)5-2/h12-15H,4-11H2,1-3H3. The zero-order valence-corrected chi connectivity index (χ0v) is 12.9. The molecule has 0 aliphatic heterocycles. The Morgan fingerprint density at radius 1 is 1.17 bits per heavy atom. The summed E-state index contributed by atoms with van der Waals surface area (Å²) in [6.07, 6.45) is 7.75. The average Bonchev–Trinajstić information content (AvgIpc) is 2.36. The molecule has 1 rings (SSSR count). The number of rotatable bonds is 7. The van der Waals surface area contributed by atoms with Gasteiger partial charge in [0.05, 0.1) is 5.75 Å². The van der Waals surface area contributed by atoms with Crippen LogP contribution >= 0.6 is 0 Å². The molecule has 1 fully saturated rings. The summed E-state index contributed by atoms with van der Waals surface area (Å²) in [6.45, 7) is 5.92. The van der Waals surface area contributed by atoms with E-state index in [9.17, 15) is 8.42 Å². The Morgan fingerprint density at radius 2 is 1.78 bits per heavy atom. The molecule has 2 unspecified atom stereocenters. The van der Waals surface area contributed by atoms with E-state index >= 15 is 0 Å². The highest BCUT2D eigenvalue weighted by molar-refractivity contribution is 7.91. The third kappa shape index (κ3) is 5.27. The van der Waals surface area contributed by atoms with E-state index in [0.29, 0.717) is 6.04 Å². The van der Waals surface area contributed by atoms with Gasteiger partial charge in [-0.1, -0.05) is 33.1 Å². The van der Waals surface area contributed by atoms with Crippen molar-refractivity contribution in [2.75, 3.05) is 11.5 Å². The van der Waals surface area contributed by atoms with E-state index in [4.69, 9.17) is 0 Å². The smallest absolute Gasteiger partial charge is 0.151 e. The second-order valence-corrected chi connectivity index (χ2v) is 8.08. The van der Waals surface area contributed by atoms with Gasteiger partial charge in [0.25, 0.3) is 0 Å². The number of sulfone groups is 1. The predicted molar refractivity (Wildman–Crippen MR) is 77.6 cm³/mol. The molecule has 3 nitrogen and oxygen atoms in total. The first-order valence-corrected chi connectivity index (χ1v) is 9.27. The van der Waals surface area contributed by atoms with E-state index in [1.54, 1.807) is 6.92 Å². The van der Waals surface area contributed by atoms with Crippen LogP contribution in [0, 0.1) is 5.92 Å². The van der Waals surface area contributed by atoms with Gasteiger partial charge in [0.15, 0.2) is 9.84 Å². The zero-order chi connectivity index (χ0) is 13.6.